The van der Waals surface area contributed by atoms with Crippen molar-refractivity contribution in [3.05, 3.63) is 55.8 Å². The fraction of sp³-hybridized carbons (Fsp3) is 0.409. The number of aromatic nitrogens is 4. The molecule has 5 N–H and O–H groups in total. The summed E-state index contributed by atoms with van der Waals surface area (Å²) in [6.45, 7) is 10.6. The number of nitrogens with one attached hydrogen (secondary N) is 1. The van der Waals surface area contributed by atoms with E-state index < -0.39 is 12.4 Å². The van der Waals surface area contributed by atoms with Crippen LogP contribution in [0.25, 0.3) is 11.0 Å². The maximum Gasteiger partial charge on any atom is 0.271 e. The maximum atomic E-state index is 11.3. The molecule has 0 aliphatic carbocycles. The van der Waals surface area contributed by atoms with Crippen molar-refractivity contribution in [3.63, 3.8) is 0 Å². The van der Waals surface area contributed by atoms with Gasteiger partial charge >= 0.3 is 0 Å². The van der Waals surface area contributed by atoms with Crippen LogP contribution in [-0.4, -0.2) is 52.1 Å². The molecule has 3 heterocycles. The lowest BCUT2D eigenvalue weighted by Crippen LogP contribution is -2.20. The highest BCUT2D eigenvalue weighted by molar-refractivity contribution is 6.30. The molecule has 11 nitrogen and oxygen atoms in total. The van der Waals surface area contributed by atoms with Gasteiger partial charge in [0.05, 0.1) is 17.3 Å². The van der Waals surface area contributed by atoms with E-state index in [0.717, 1.165) is 5.56 Å². The van der Waals surface area contributed by atoms with Crippen LogP contribution in [-0.2, 0) is 14.2 Å². The van der Waals surface area contributed by atoms with Crippen molar-refractivity contribution in [2.45, 2.75) is 41.1 Å². The van der Waals surface area contributed by atoms with E-state index >= 15 is 0 Å². The number of nitrogen functional groups attached to an aromatic ring is 1. The number of fused-ring (bicyclic) bond motifs is 1. The molecule has 0 radical (unpaired) electrons. The zero-order valence-corrected chi connectivity index (χ0v) is 21.7. The van der Waals surface area contributed by atoms with Crippen LogP contribution in [0.4, 0.5) is 5.82 Å². The van der Waals surface area contributed by atoms with Gasteiger partial charge in [0, 0.05) is 19.8 Å². The molecule has 0 aliphatic heterocycles. The summed E-state index contributed by atoms with van der Waals surface area (Å²) in [7, 11) is 0. The number of carbonyl (C=O) groups is 1. The highest BCUT2D eigenvalue weighted by Crippen LogP contribution is 2.18. The number of rotatable bonds is 7. The number of nitrogens with two attached hydrogens (primary N) is 2. The van der Waals surface area contributed by atoms with Gasteiger partial charge in [-0.2, -0.15) is 0 Å². The lowest BCUT2D eigenvalue weighted by molar-refractivity contribution is -0.282. The number of anilines is 1. The number of hydrogen-bond donors (Lipinski definition) is 3. The Bertz CT molecular complexity index is 1140. The third-order valence-electron chi connectivity index (χ3n) is 4.14. The summed E-state index contributed by atoms with van der Waals surface area (Å²) in [6.07, 6.45) is 1.31. The van der Waals surface area contributed by atoms with Gasteiger partial charge in [0.25, 0.3) is 17.9 Å². The van der Waals surface area contributed by atoms with Crippen molar-refractivity contribution in [2.24, 2.45) is 5.73 Å². The maximum absolute atomic E-state index is 11.3. The molecule has 35 heavy (non-hydrogen) atoms. The molecule has 0 spiro atoms. The lowest BCUT2D eigenvalue weighted by atomic mass is 10.1. The summed E-state index contributed by atoms with van der Waals surface area (Å²) in [4.78, 5) is 36.2. The first kappa shape index (κ1) is 30.2. The molecule has 3 aromatic rings. The molecule has 0 fully saturated rings. The SMILES string of the molecule is CCOC(OCC)OCC.Cc1cc(Cl)nc(N)c1C(N)=O.Cc1cc(Cl)nc2nc[nH]c(=O)c12. The van der Waals surface area contributed by atoms with Crippen LogP contribution in [0.3, 0.4) is 0 Å². The quantitative estimate of drug-likeness (QED) is 0.307. The summed E-state index contributed by atoms with van der Waals surface area (Å²) in [5.41, 5.74) is 12.3. The molecular weight excluding hydrogens is 499 g/mol. The molecule has 3 aromatic heterocycles. The van der Waals surface area contributed by atoms with E-state index in [-0.39, 0.29) is 22.1 Å². The fourth-order valence-electron chi connectivity index (χ4n) is 2.74. The van der Waals surface area contributed by atoms with Crippen molar-refractivity contribution < 1.29 is 19.0 Å². The Morgan fingerprint density at radius 2 is 1.51 bits per heavy atom. The molecule has 13 heteroatoms. The summed E-state index contributed by atoms with van der Waals surface area (Å²) in [5, 5.41) is 1.10. The minimum Gasteiger partial charge on any atom is -0.383 e. The van der Waals surface area contributed by atoms with Gasteiger partial charge in [0.2, 0.25) is 0 Å². The van der Waals surface area contributed by atoms with Crippen LogP contribution < -0.4 is 17.0 Å². The van der Waals surface area contributed by atoms with Crippen LogP contribution in [0.15, 0.2) is 23.3 Å². The second-order valence-corrected chi connectivity index (χ2v) is 7.51. The Hall–Kier alpha value is -2.83. The number of carbonyl (C=O) groups excluding carboxylic acids is 1. The van der Waals surface area contributed by atoms with Gasteiger partial charge in [-0.3, -0.25) is 9.59 Å². The molecule has 0 saturated heterocycles. The summed E-state index contributed by atoms with van der Waals surface area (Å²) >= 11 is 11.3. The standard InChI is InChI=1S/C8H6ClN3O.C7H8ClN3O.C7H16O3/c1-4-2-5(9)12-7-6(4)8(13)11-3-10-7;1-3-2-4(8)11-6(9)5(3)7(10)12;1-4-8-7(9-5-2)10-6-3/h2-3H,1H3,(H,10,11,12,13);2H,1H3,(H2,9,11)(H2,10,12);7H,4-6H2,1-3H3. The molecule has 1 amide bonds. The van der Waals surface area contributed by atoms with E-state index in [1.54, 1.807) is 19.9 Å². The zero-order valence-electron chi connectivity index (χ0n) is 20.2. The van der Waals surface area contributed by atoms with E-state index in [9.17, 15) is 9.59 Å². The first-order chi connectivity index (χ1) is 16.5. The largest absolute Gasteiger partial charge is 0.383 e. The minimum absolute atomic E-state index is 0.0764. The zero-order chi connectivity index (χ0) is 26.5. The number of H-pyrrole nitrogens is 1. The average molecular weight is 529 g/mol. The number of aromatic amines is 1. The van der Waals surface area contributed by atoms with Crippen LogP contribution in [0.5, 0.6) is 0 Å². The first-order valence-electron chi connectivity index (χ1n) is 10.6. The molecule has 3 rings (SSSR count). The number of ether oxygens (including phenoxy) is 3. The summed E-state index contributed by atoms with van der Waals surface area (Å²) < 4.78 is 15.2. The monoisotopic (exact) mass is 528 g/mol. The van der Waals surface area contributed by atoms with Crippen molar-refractivity contribution in [1.29, 1.82) is 0 Å². The van der Waals surface area contributed by atoms with Crippen molar-refractivity contribution in [3.8, 4) is 0 Å². The number of nitrogens with zero attached hydrogens (tertiary/aromatic N) is 3. The summed E-state index contributed by atoms with van der Waals surface area (Å²) in [5.74, 6) is -0.512. The number of hydrogen-bond acceptors (Lipinski definition) is 9. The summed E-state index contributed by atoms with van der Waals surface area (Å²) in [6, 6.07) is 3.18. The number of halogens is 2. The van der Waals surface area contributed by atoms with Crippen molar-refractivity contribution in [2.75, 3.05) is 25.6 Å². The van der Waals surface area contributed by atoms with Crippen LogP contribution in [0.1, 0.15) is 42.3 Å². The molecule has 0 saturated carbocycles. The molecule has 0 aliphatic rings. The molecule has 0 aromatic carbocycles. The fourth-order valence-corrected chi connectivity index (χ4v) is 3.24. The number of amides is 1. The number of aryl methyl sites for hydroxylation is 2. The number of pyridine rings is 2. The van der Waals surface area contributed by atoms with Crippen molar-refractivity contribution in [1.82, 2.24) is 19.9 Å². The second kappa shape index (κ2) is 15.2. The van der Waals surface area contributed by atoms with Crippen molar-refractivity contribution >= 4 is 46.0 Å². The Balaban J connectivity index is 0.000000266. The molecular formula is C22H30Cl2N6O5. The minimum atomic E-state index is -0.589. The van der Waals surface area contributed by atoms with Crippen LogP contribution in [0, 0.1) is 13.8 Å². The third kappa shape index (κ3) is 9.74. The lowest BCUT2D eigenvalue weighted by Gasteiger charge is -2.15. The van der Waals surface area contributed by atoms with E-state index in [0.29, 0.717) is 41.6 Å². The molecule has 0 atom stereocenters. The molecule has 192 valence electrons. The Kier molecular flexibility index (Phi) is 13.1. The van der Waals surface area contributed by atoms with Gasteiger partial charge in [0.1, 0.15) is 16.1 Å². The van der Waals surface area contributed by atoms with Gasteiger partial charge in [0.15, 0.2) is 5.65 Å². The smallest absolute Gasteiger partial charge is 0.271 e. The highest BCUT2D eigenvalue weighted by atomic mass is 35.5. The third-order valence-corrected chi connectivity index (χ3v) is 4.53. The van der Waals surface area contributed by atoms with Gasteiger partial charge in [-0.1, -0.05) is 23.2 Å². The Morgan fingerprint density at radius 1 is 1.00 bits per heavy atom. The predicted octanol–water partition coefficient (Wildman–Crippen LogP) is 3.38. The predicted molar refractivity (Wildman–Crippen MR) is 135 cm³/mol. The van der Waals surface area contributed by atoms with E-state index in [4.69, 9.17) is 48.9 Å². The normalized spacial score (nSPS) is 10.4. The van der Waals surface area contributed by atoms with Gasteiger partial charge in [-0.05, 0) is 57.9 Å². The topological polar surface area (TPSA) is 168 Å². The van der Waals surface area contributed by atoms with Gasteiger partial charge in [-0.25, -0.2) is 15.0 Å². The van der Waals surface area contributed by atoms with E-state index in [2.05, 4.69) is 19.9 Å². The van der Waals surface area contributed by atoms with Crippen LogP contribution >= 0.6 is 23.2 Å². The average Bonchev–Trinajstić information content (AvgIpc) is 2.74. The van der Waals surface area contributed by atoms with Crippen LogP contribution in [0.2, 0.25) is 10.3 Å². The van der Waals surface area contributed by atoms with Gasteiger partial charge < -0.3 is 30.7 Å². The van der Waals surface area contributed by atoms with E-state index in [1.165, 1.54) is 12.4 Å². The molecule has 0 unspecified atom stereocenters. The highest BCUT2D eigenvalue weighted by Gasteiger charge is 2.11. The second-order valence-electron chi connectivity index (χ2n) is 6.73. The number of primary amides is 1. The Labute approximate surface area is 213 Å². The molecule has 0 bridgehead atoms. The van der Waals surface area contributed by atoms with Gasteiger partial charge in [-0.15, -0.1) is 0 Å². The Morgan fingerprint density at radius 3 is 2.00 bits per heavy atom. The first-order valence-corrected chi connectivity index (χ1v) is 11.4. The van der Waals surface area contributed by atoms with E-state index in [1.807, 2.05) is 20.8 Å².